The summed E-state index contributed by atoms with van der Waals surface area (Å²) < 4.78 is 1.58. The maximum Gasteiger partial charge on any atom is 0.291 e. The van der Waals surface area contributed by atoms with Gasteiger partial charge in [0.2, 0.25) is 5.82 Å². The molecule has 1 aromatic carbocycles. The van der Waals surface area contributed by atoms with E-state index < -0.39 is 0 Å². The third kappa shape index (κ3) is 2.75. The minimum Gasteiger partial charge on any atom is -0.348 e. The summed E-state index contributed by atoms with van der Waals surface area (Å²) in [7, 11) is 0. The van der Waals surface area contributed by atoms with E-state index >= 15 is 0 Å². The minimum absolute atomic E-state index is 0.158. The van der Waals surface area contributed by atoms with Crippen LogP contribution in [0, 0.1) is 6.92 Å². The van der Waals surface area contributed by atoms with Gasteiger partial charge in [-0.1, -0.05) is 24.3 Å². The maximum atomic E-state index is 12.4. The highest BCUT2D eigenvalue weighted by atomic mass is 32.2. The van der Waals surface area contributed by atoms with Gasteiger partial charge in [-0.25, -0.2) is 9.50 Å². The molecule has 1 N–H and O–H groups in total. The molecule has 1 atom stereocenters. The monoisotopic (exact) mass is 339 g/mol. The topological polar surface area (TPSA) is 72.2 Å². The summed E-state index contributed by atoms with van der Waals surface area (Å²) in [6.07, 6.45) is 2.75. The van der Waals surface area contributed by atoms with Gasteiger partial charge in [-0.05, 0) is 36.3 Å². The third-order valence-corrected chi connectivity index (χ3v) is 5.44. The molecule has 1 aliphatic rings. The molecule has 6 nitrogen and oxygen atoms in total. The van der Waals surface area contributed by atoms with Crippen molar-refractivity contribution in [2.24, 2.45) is 0 Å². The van der Waals surface area contributed by atoms with Gasteiger partial charge in [0, 0.05) is 23.7 Å². The van der Waals surface area contributed by atoms with Crippen molar-refractivity contribution in [1.29, 1.82) is 0 Å². The Kier molecular flexibility index (Phi) is 3.93. The number of carbonyl (C=O) groups excluding carboxylic acids is 1. The zero-order chi connectivity index (χ0) is 16.5. The number of rotatable bonds is 3. The Labute approximate surface area is 143 Å². The molecule has 1 amide bonds. The normalized spacial score (nSPS) is 16.8. The molecule has 3 aromatic rings. The van der Waals surface area contributed by atoms with E-state index in [-0.39, 0.29) is 17.0 Å². The van der Waals surface area contributed by atoms with Crippen LogP contribution in [-0.4, -0.2) is 37.8 Å². The lowest BCUT2D eigenvalue weighted by atomic mass is 10.0. The largest absolute Gasteiger partial charge is 0.348 e. The van der Waals surface area contributed by atoms with Crippen LogP contribution in [0.2, 0.25) is 0 Å². The Bertz CT molecular complexity index is 907. The zero-order valence-corrected chi connectivity index (χ0v) is 14.1. The Morgan fingerprint density at radius 2 is 2.25 bits per heavy atom. The number of nitrogens with zero attached hydrogens (tertiary/aromatic N) is 4. The fraction of sp³-hybridized carbons (Fsp3) is 0.294. The van der Waals surface area contributed by atoms with E-state index in [0.29, 0.717) is 12.3 Å². The molecule has 0 spiro atoms. The van der Waals surface area contributed by atoms with E-state index in [1.165, 1.54) is 11.1 Å². The number of fused-ring (bicyclic) bond motifs is 2. The van der Waals surface area contributed by atoms with Crippen LogP contribution in [0.1, 0.15) is 32.7 Å². The number of benzene rings is 1. The van der Waals surface area contributed by atoms with E-state index in [4.69, 9.17) is 0 Å². The average molecular weight is 339 g/mol. The third-order valence-electron chi connectivity index (χ3n) is 4.17. The molecule has 0 unspecified atom stereocenters. The molecule has 122 valence electrons. The van der Waals surface area contributed by atoms with Crippen molar-refractivity contribution in [3.05, 3.63) is 59.2 Å². The molecule has 1 aliphatic heterocycles. The maximum absolute atomic E-state index is 12.4. The van der Waals surface area contributed by atoms with Crippen LogP contribution in [0.5, 0.6) is 0 Å². The molecule has 24 heavy (non-hydrogen) atoms. The van der Waals surface area contributed by atoms with Gasteiger partial charge in [-0.2, -0.15) is 16.7 Å². The van der Waals surface area contributed by atoms with Gasteiger partial charge < -0.3 is 5.32 Å². The van der Waals surface area contributed by atoms with Crippen molar-refractivity contribution < 1.29 is 4.79 Å². The van der Waals surface area contributed by atoms with Crippen LogP contribution in [0.15, 0.2) is 36.5 Å². The van der Waals surface area contributed by atoms with E-state index in [2.05, 4.69) is 44.6 Å². The molecule has 0 saturated carbocycles. The molecule has 0 bridgehead atoms. The van der Waals surface area contributed by atoms with Crippen molar-refractivity contribution in [3.8, 4) is 0 Å². The zero-order valence-electron chi connectivity index (χ0n) is 13.3. The van der Waals surface area contributed by atoms with Gasteiger partial charge >= 0.3 is 0 Å². The Morgan fingerprint density at radius 1 is 1.38 bits per heavy atom. The second kappa shape index (κ2) is 6.24. The van der Waals surface area contributed by atoms with Gasteiger partial charge in [0.15, 0.2) is 0 Å². The lowest BCUT2D eigenvalue weighted by molar-refractivity contribution is 0.0943. The summed E-state index contributed by atoms with van der Waals surface area (Å²) in [5.74, 6) is 1.42. The standard InChI is InChI=1S/C17H17N5OS/c1-11-6-8-18-17-20-15(21-22(11)17)16(23)19-10-14-13-5-3-2-4-12(13)7-9-24-14/h2-6,8,14H,7,9-10H2,1H3,(H,19,23)/t14-/m0/s1. The predicted molar refractivity (Wildman–Crippen MR) is 93.2 cm³/mol. The lowest BCUT2D eigenvalue weighted by Gasteiger charge is -2.25. The van der Waals surface area contributed by atoms with Crippen molar-refractivity contribution >= 4 is 23.4 Å². The molecule has 3 heterocycles. The first-order valence-corrected chi connectivity index (χ1v) is 8.93. The summed E-state index contributed by atoms with van der Waals surface area (Å²) in [5, 5.41) is 7.48. The number of aryl methyl sites for hydroxylation is 2. The van der Waals surface area contributed by atoms with E-state index in [0.717, 1.165) is 17.9 Å². The number of aromatic nitrogens is 4. The molecular weight excluding hydrogens is 322 g/mol. The number of hydrogen-bond acceptors (Lipinski definition) is 5. The van der Waals surface area contributed by atoms with Gasteiger partial charge in [0.25, 0.3) is 11.7 Å². The van der Waals surface area contributed by atoms with Crippen molar-refractivity contribution in [3.63, 3.8) is 0 Å². The van der Waals surface area contributed by atoms with Crippen LogP contribution in [0.25, 0.3) is 5.78 Å². The lowest BCUT2D eigenvalue weighted by Crippen LogP contribution is -2.29. The highest BCUT2D eigenvalue weighted by Crippen LogP contribution is 2.35. The number of carbonyl (C=O) groups is 1. The van der Waals surface area contributed by atoms with Crippen LogP contribution in [-0.2, 0) is 6.42 Å². The number of hydrogen-bond donors (Lipinski definition) is 1. The van der Waals surface area contributed by atoms with E-state index in [1.807, 2.05) is 24.8 Å². The van der Waals surface area contributed by atoms with Crippen LogP contribution in [0.3, 0.4) is 0 Å². The SMILES string of the molecule is Cc1ccnc2nc(C(=O)NC[C@@H]3SCCc4ccccc43)nn12. The van der Waals surface area contributed by atoms with Crippen molar-refractivity contribution in [2.45, 2.75) is 18.6 Å². The van der Waals surface area contributed by atoms with Gasteiger partial charge in [-0.15, -0.1) is 5.10 Å². The quantitative estimate of drug-likeness (QED) is 0.792. The van der Waals surface area contributed by atoms with Crippen molar-refractivity contribution in [2.75, 3.05) is 12.3 Å². The van der Waals surface area contributed by atoms with Gasteiger partial charge in [0.05, 0.1) is 0 Å². The summed E-state index contributed by atoms with van der Waals surface area (Å²) in [4.78, 5) is 20.7. The van der Waals surface area contributed by atoms with Gasteiger partial charge in [0.1, 0.15) is 0 Å². The van der Waals surface area contributed by atoms with Crippen LogP contribution in [0.4, 0.5) is 0 Å². The highest BCUT2D eigenvalue weighted by molar-refractivity contribution is 7.99. The first kappa shape index (κ1) is 15.1. The summed E-state index contributed by atoms with van der Waals surface area (Å²) >= 11 is 1.88. The predicted octanol–water partition coefficient (Wildman–Crippen LogP) is 2.19. The first-order chi connectivity index (χ1) is 11.7. The number of nitrogens with one attached hydrogen (secondary N) is 1. The number of amides is 1. The van der Waals surface area contributed by atoms with Crippen LogP contribution < -0.4 is 5.32 Å². The summed E-state index contributed by atoms with van der Waals surface area (Å²) in [6.45, 7) is 2.48. The van der Waals surface area contributed by atoms with E-state index in [9.17, 15) is 4.79 Å². The van der Waals surface area contributed by atoms with Gasteiger partial charge in [-0.3, -0.25) is 4.79 Å². The smallest absolute Gasteiger partial charge is 0.291 e. The molecule has 0 fully saturated rings. The Balaban J connectivity index is 1.50. The fourth-order valence-electron chi connectivity index (χ4n) is 2.91. The van der Waals surface area contributed by atoms with Crippen molar-refractivity contribution in [1.82, 2.24) is 24.9 Å². The van der Waals surface area contributed by atoms with E-state index in [1.54, 1.807) is 10.7 Å². The Hall–Kier alpha value is -2.41. The molecule has 0 saturated heterocycles. The summed E-state index contributed by atoms with van der Waals surface area (Å²) in [5.41, 5.74) is 3.58. The number of thioether (sulfide) groups is 1. The second-order valence-corrected chi connectivity index (χ2v) is 7.06. The minimum atomic E-state index is -0.261. The highest BCUT2D eigenvalue weighted by Gasteiger charge is 2.22. The molecule has 2 aromatic heterocycles. The summed E-state index contributed by atoms with van der Waals surface area (Å²) in [6, 6.07) is 10.3. The molecule has 7 heteroatoms. The molecule has 0 radical (unpaired) electrons. The molecular formula is C17H17N5OS. The second-order valence-electron chi connectivity index (χ2n) is 5.75. The molecule has 4 rings (SSSR count). The fourth-order valence-corrected chi connectivity index (χ4v) is 4.15. The van der Waals surface area contributed by atoms with Crippen LogP contribution >= 0.6 is 11.8 Å². The average Bonchev–Trinajstić information content (AvgIpc) is 3.05. The Morgan fingerprint density at radius 3 is 3.12 bits per heavy atom. The first-order valence-electron chi connectivity index (χ1n) is 7.88. The molecule has 0 aliphatic carbocycles.